The lowest BCUT2D eigenvalue weighted by molar-refractivity contribution is -0.165. The molecular formula is C17H27NO7. The van der Waals surface area contributed by atoms with Crippen molar-refractivity contribution in [2.45, 2.75) is 45.9 Å². The molecule has 8 heteroatoms. The van der Waals surface area contributed by atoms with Gasteiger partial charge >= 0.3 is 11.9 Å². The van der Waals surface area contributed by atoms with Crippen LogP contribution in [0.3, 0.4) is 0 Å². The number of hydrogen-bond acceptors (Lipinski definition) is 6. The van der Waals surface area contributed by atoms with Gasteiger partial charge in [0.1, 0.15) is 12.4 Å². The molecule has 1 rings (SSSR count). The van der Waals surface area contributed by atoms with Crippen molar-refractivity contribution in [1.82, 2.24) is 5.32 Å². The zero-order valence-electron chi connectivity index (χ0n) is 14.9. The molecule has 0 spiro atoms. The van der Waals surface area contributed by atoms with E-state index in [2.05, 4.69) is 51.2 Å². The van der Waals surface area contributed by atoms with Gasteiger partial charge in [-0.15, -0.1) is 0 Å². The summed E-state index contributed by atoms with van der Waals surface area (Å²) in [7, 11) is 0. The van der Waals surface area contributed by atoms with Crippen LogP contribution in [0.15, 0.2) is 18.2 Å². The van der Waals surface area contributed by atoms with Crippen molar-refractivity contribution >= 4 is 11.9 Å². The molecule has 0 fully saturated rings. The van der Waals surface area contributed by atoms with Gasteiger partial charge in [-0.05, 0) is 25.0 Å². The van der Waals surface area contributed by atoms with Crippen molar-refractivity contribution < 1.29 is 34.8 Å². The van der Waals surface area contributed by atoms with Crippen molar-refractivity contribution in [3.05, 3.63) is 29.3 Å². The monoisotopic (exact) mass is 357 g/mol. The van der Waals surface area contributed by atoms with E-state index in [1.54, 1.807) is 0 Å². The van der Waals surface area contributed by atoms with Gasteiger partial charge in [0.05, 0.1) is 0 Å². The Hall–Kier alpha value is -2.16. The highest BCUT2D eigenvalue weighted by Gasteiger charge is 2.29. The Labute approximate surface area is 147 Å². The Morgan fingerprint density at radius 2 is 1.48 bits per heavy atom. The van der Waals surface area contributed by atoms with Crippen LogP contribution in [0.25, 0.3) is 0 Å². The number of para-hydroxylation sites is 1. The molecule has 0 amide bonds. The Morgan fingerprint density at radius 3 is 1.84 bits per heavy atom. The maximum Gasteiger partial charge on any atom is 0.335 e. The van der Waals surface area contributed by atoms with E-state index in [4.69, 9.17) is 25.2 Å². The van der Waals surface area contributed by atoms with Gasteiger partial charge in [0.2, 0.25) is 0 Å². The molecule has 8 nitrogen and oxygen atoms in total. The third kappa shape index (κ3) is 9.04. The third-order valence-corrected chi connectivity index (χ3v) is 3.11. The number of benzene rings is 1. The summed E-state index contributed by atoms with van der Waals surface area (Å²) in [5.41, 5.74) is 2.42. The highest BCUT2D eigenvalue weighted by Crippen LogP contribution is 2.21. The number of carboxylic acids is 2. The second-order valence-electron chi connectivity index (χ2n) is 5.74. The highest BCUT2D eigenvalue weighted by atomic mass is 16.5. The van der Waals surface area contributed by atoms with Gasteiger partial charge in [-0.1, -0.05) is 32.0 Å². The Morgan fingerprint density at radius 1 is 1.04 bits per heavy atom. The van der Waals surface area contributed by atoms with Gasteiger partial charge in [0, 0.05) is 12.6 Å². The largest absolute Gasteiger partial charge is 0.492 e. The summed E-state index contributed by atoms with van der Waals surface area (Å²) in [5, 5.41) is 35.9. The first-order valence-electron chi connectivity index (χ1n) is 7.82. The molecule has 142 valence electrons. The summed E-state index contributed by atoms with van der Waals surface area (Å²) in [6, 6.07) is 6.74. The average molecular weight is 357 g/mol. The van der Waals surface area contributed by atoms with Gasteiger partial charge in [-0.25, -0.2) is 9.59 Å². The average Bonchev–Trinajstić information content (AvgIpc) is 2.52. The molecule has 25 heavy (non-hydrogen) atoms. The first-order chi connectivity index (χ1) is 11.6. The minimum atomic E-state index is -2.27. The molecule has 2 atom stereocenters. The number of carboxylic acid groups (broad SMARTS) is 2. The van der Waals surface area contributed by atoms with E-state index in [0.29, 0.717) is 6.04 Å². The Bertz CT molecular complexity index is 522. The quantitative estimate of drug-likeness (QED) is 0.426. The van der Waals surface area contributed by atoms with E-state index in [1.165, 1.54) is 11.1 Å². The summed E-state index contributed by atoms with van der Waals surface area (Å²) in [6.45, 7) is 10.1. The summed E-state index contributed by atoms with van der Waals surface area (Å²) >= 11 is 0. The summed E-state index contributed by atoms with van der Waals surface area (Å²) in [4.78, 5) is 19.5. The number of ether oxygens (including phenoxy) is 1. The predicted octanol–water partition coefficient (Wildman–Crippen LogP) is 0.558. The molecule has 1 aromatic rings. The predicted molar refractivity (Wildman–Crippen MR) is 91.8 cm³/mol. The summed E-state index contributed by atoms with van der Waals surface area (Å²) < 4.78 is 5.76. The van der Waals surface area contributed by atoms with E-state index in [0.717, 1.165) is 18.9 Å². The van der Waals surface area contributed by atoms with E-state index < -0.39 is 24.1 Å². The van der Waals surface area contributed by atoms with Crippen LogP contribution in [-0.2, 0) is 9.59 Å². The van der Waals surface area contributed by atoms with E-state index in [1.807, 2.05) is 0 Å². The Balaban J connectivity index is 0.000000504. The second-order valence-corrected chi connectivity index (χ2v) is 5.74. The van der Waals surface area contributed by atoms with Crippen LogP contribution in [0, 0.1) is 13.8 Å². The standard InChI is InChI=1S/C13H21NO.C4H6O6/c1-10(2)14-8-9-15-13-11(3)6-5-7-12(13)4;5-1(3(7)8)2(6)4(9)10/h5-7,10,14H,8-9H2,1-4H3;1-2,5-6H,(H,7,8)(H,9,10). The molecule has 0 aliphatic carbocycles. The number of aryl methyl sites for hydroxylation is 2. The SMILES string of the molecule is Cc1cccc(C)c1OCCNC(C)C.O=C(O)C(O)C(O)C(=O)O. The second kappa shape index (κ2) is 11.4. The van der Waals surface area contributed by atoms with Crippen LogP contribution in [0.1, 0.15) is 25.0 Å². The van der Waals surface area contributed by atoms with Crippen LogP contribution in [0.5, 0.6) is 5.75 Å². The van der Waals surface area contributed by atoms with Crippen molar-refractivity contribution in [2.75, 3.05) is 13.2 Å². The number of rotatable bonds is 8. The summed E-state index contributed by atoms with van der Waals surface area (Å²) in [5.74, 6) is -2.51. The van der Waals surface area contributed by atoms with Gasteiger partial charge < -0.3 is 30.5 Å². The van der Waals surface area contributed by atoms with Crippen LogP contribution in [-0.4, -0.2) is 63.8 Å². The molecule has 2 unspecified atom stereocenters. The number of aliphatic hydroxyl groups excluding tert-OH is 2. The third-order valence-electron chi connectivity index (χ3n) is 3.11. The zero-order valence-corrected chi connectivity index (χ0v) is 14.9. The number of nitrogens with one attached hydrogen (secondary N) is 1. The molecule has 0 aliphatic heterocycles. The fraction of sp³-hybridized carbons (Fsp3) is 0.529. The molecule has 0 saturated heterocycles. The lowest BCUT2D eigenvalue weighted by Crippen LogP contribution is -2.39. The first-order valence-corrected chi connectivity index (χ1v) is 7.82. The van der Waals surface area contributed by atoms with Crippen LogP contribution in [0.2, 0.25) is 0 Å². The number of aliphatic hydroxyl groups is 2. The topological polar surface area (TPSA) is 136 Å². The molecule has 0 bridgehead atoms. The maximum absolute atomic E-state index is 9.77. The first kappa shape index (κ1) is 22.8. The van der Waals surface area contributed by atoms with Crippen LogP contribution < -0.4 is 10.1 Å². The highest BCUT2D eigenvalue weighted by molar-refractivity contribution is 5.83. The van der Waals surface area contributed by atoms with Gasteiger partial charge in [0.25, 0.3) is 0 Å². The minimum Gasteiger partial charge on any atom is -0.492 e. The van der Waals surface area contributed by atoms with Crippen LogP contribution in [0.4, 0.5) is 0 Å². The summed E-state index contributed by atoms with van der Waals surface area (Å²) in [6.07, 6.45) is -4.53. The molecule has 0 aromatic heterocycles. The fourth-order valence-electron chi connectivity index (χ4n) is 1.80. The zero-order chi connectivity index (χ0) is 19.6. The Kier molecular flexibility index (Phi) is 10.4. The van der Waals surface area contributed by atoms with E-state index in [9.17, 15) is 9.59 Å². The van der Waals surface area contributed by atoms with E-state index >= 15 is 0 Å². The van der Waals surface area contributed by atoms with Crippen molar-refractivity contribution in [3.63, 3.8) is 0 Å². The van der Waals surface area contributed by atoms with Gasteiger partial charge in [-0.2, -0.15) is 0 Å². The lowest BCUT2D eigenvalue weighted by atomic mass is 10.1. The number of aliphatic carboxylic acids is 2. The lowest BCUT2D eigenvalue weighted by Gasteiger charge is -2.13. The van der Waals surface area contributed by atoms with Crippen molar-refractivity contribution in [1.29, 1.82) is 0 Å². The normalized spacial score (nSPS) is 12.8. The fourth-order valence-corrected chi connectivity index (χ4v) is 1.80. The van der Waals surface area contributed by atoms with Gasteiger partial charge in [-0.3, -0.25) is 0 Å². The molecule has 0 saturated carbocycles. The van der Waals surface area contributed by atoms with Crippen molar-refractivity contribution in [3.8, 4) is 5.75 Å². The maximum atomic E-state index is 9.77. The number of carbonyl (C=O) groups is 2. The smallest absolute Gasteiger partial charge is 0.335 e. The van der Waals surface area contributed by atoms with Gasteiger partial charge in [0.15, 0.2) is 12.2 Å². The molecule has 5 N–H and O–H groups in total. The molecule has 0 aliphatic rings. The molecule has 0 heterocycles. The molecular weight excluding hydrogens is 330 g/mol. The van der Waals surface area contributed by atoms with E-state index in [-0.39, 0.29) is 0 Å². The minimum absolute atomic E-state index is 0.520. The van der Waals surface area contributed by atoms with Crippen molar-refractivity contribution in [2.24, 2.45) is 0 Å². The molecule has 0 radical (unpaired) electrons. The molecule has 1 aromatic carbocycles. The number of hydrogen-bond donors (Lipinski definition) is 5. The van der Waals surface area contributed by atoms with Crippen LogP contribution >= 0.6 is 0 Å².